The standard InChI is InChI=1S/C14H12ClNO4S/c15-9-2-1-3-10(8-9)20-7-6-12(17)16-13-5-4-11(21-13)14(18)19/h1-5,8H,6-7H2,(H,16,17)(H,18,19). The number of benzene rings is 1. The van der Waals surface area contributed by atoms with E-state index in [9.17, 15) is 9.59 Å². The highest BCUT2D eigenvalue weighted by molar-refractivity contribution is 7.18. The van der Waals surface area contributed by atoms with E-state index in [0.29, 0.717) is 15.8 Å². The van der Waals surface area contributed by atoms with Gasteiger partial charge in [0.05, 0.1) is 18.0 Å². The van der Waals surface area contributed by atoms with E-state index in [-0.39, 0.29) is 23.8 Å². The fourth-order valence-corrected chi connectivity index (χ4v) is 2.48. The molecule has 1 aromatic heterocycles. The maximum absolute atomic E-state index is 11.7. The van der Waals surface area contributed by atoms with Gasteiger partial charge in [-0.15, -0.1) is 11.3 Å². The molecule has 1 aromatic carbocycles. The number of aromatic carboxylic acids is 1. The topological polar surface area (TPSA) is 75.6 Å². The van der Waals surface area contributed by atoms with Crippen molar-refractivity contribution in [3.05, 3.63) is 46.3 Å². The fraction of sp³-hybridized carbons (Fsp3) is 0.143. The van der Waals surface area contributed by atoms with Gasteiger partial charge in [0.25, 0.3) is 0 Å². The lowest BCUT2D eigenvalue weighted by molar-refractivity contribution is -0.116. The second-order valence-corrected chi connectivity index (χ2v) is 5.59. The number of carbonyl (C=O) groups is 2. The minimum atomic E-state index is -1.01. The number of halogens is 1. The number of nitrogens with one attached hydrogen (secondary N) is 1. The van der Waals surface area contributed by atoms with E-state index in [1.165, 1.54) is 6.07 Å². The fourth-order valence-electron chi connectivity index (χ4n) is 1.54. The molecule has 110 valence electrons. The van der Waals surface area contributed by atoms with Gasteiger partial charge in [-0.05, 0) is 30.3 Å². The molecule has 5 nitrogen and oxygen atoms in total. The van der Waals surface area contributed by atoms with Crippen molar-refractivity contribution in [3.8, 4) is 5.75 Å². The van der Waals surface area contributed by atoms with Crippen molar-refractivity contribution in [3.63, 3.8) is 0 Å². The van der Waals surface area contributed by atoms with Crippen LogP contribution in [0.25, 0.3) is 0 Å². The van der Waals surface area contributed by atoms with Crippen LogP contribution in [0, 0.1) is 0 Å². The first-order valence-electron chi connectivity index (χ1n) is 6.06. The first kappa shape index (κ1) is 15.3. The van der Waals surface area contributed by atoms with Gasteiger partial charge in [-0.3, -0.25) is 4.79 Å². The smallest absolute Gasteiger partial charge is 0.345 e. The number of anilines is 1. The summed E-state index contributed by atoms with van der Waals surface area (Å²) in [5.74, 6) is -0.653. The average molecular weight is 326 g/mol. The van der Waals surface area contributed by atoms with Crippen LogP contribution in [0.15, 0.2) is 36.4 Å². The summed E-state index contributed by atoms with van der Waals surface area (Å²) in [4.78, 5) is 22.6. The number of rotatable bonds is 6. The Morgan fingerprint density at radius 2 is 2.10 bits per heavy atom. The molecule has 0 saturated heterocycles. The predicted molar refractivity (Wildman–Crippen MR) is 81.5 cm³/mol. The lowest BCUT2D eigenvalue weighted by atomic mass is 10.3. The Kier molecular flexibility index (Phi) is 5.19. The van der Waals surface area contributed by atoms with E-state index in [2.05, 4.69) is 5.32 Å². The molecule has 1 amide bonds. The van der Waals surface area contributed by atoms with Gasteiger partial charge in [0.1, 0.15) is 10.6 Å². The Morgan fingerprint density at radius 1 is 1.29 bits per heavy atom. The van der Waals surface area contributed by atoms with Crippen LogP contribution in [0.2, 0.25) is 5.02 Å². The lowest BCUT2D eigenvalue weighted by Crippen LogP contribution is -2.14. The minimum Gasteiger partial charge on any atom is -0.493 e. The van der Waals surface area contributed by atoms with Crippen molar-refractivity contribution in [1.82, 2.24) is 0 Å². The molecule has 2 rings (SSSR count). The highest BCUT2D eigenvalue weighted by Gasteiger charge is 2.09. The number of hydrogen-bond acceptors (Lipinski definition) is 4. The van der Waals surface area contributed by atoms with Gasteiger partial charge in [-0.1, -0.05) is 17.7 Å². The van der Waals surface area contributed by atoms with E-state index >= 15 is 0 Å². The second-order valence-electron chi connectivity index (χ2n) is 4.07. The molecule has 7 heteroatoms. The van der Waals surface area contributed by atoms with Gasteiger partial charge >= 0.3 is 5.97 Å². The maximum Gasteiger partial charge on any atom is 0.345 e. The maximum atomic E-state index is 11.7. The quantitative estimate of drug-likeness (QED) is 0.852. The molecule has 0 bridgehead atoms. The van der Waals surface area contributed by atoms with E-state index < -0.39 is 5.97 Å². The SMILES string of the molecule is O=C(CCOc1cccc(Cl)c1)Nc1ccc(C(=O)O)s1. The van der Waals surface area contributed by atoms with Crippen LogP contribution in [0.4, 0.5) is 5.00 Å². The summed E-state index contributed by atoms with van der Waals surface area (Å²) < 4.78 is 5.40. The van der Waals surface area contributed by atoms with Crippen molar-refractivity contribution in [2.45, 2.75) is 6.42 Å². The average Bonchev–Trinajstić information content (AvgIpc) is 2.87. The van der Waals surface area contributed by atoms with Crippen molar-refractivity contribution in [2.24, 2.45) is 0 Å². The summed E-state index contributed by atoms with van der Waals surface area (Å²) >= 11 is 6.83. The number of carbonyl (C=O) groups excluding carboxylic acids is 1. The molecule has 0 aliphatic rings. The third-order valence-electron chi connectivity index (χ3n) is 2.47. The first-order chi connectivity index (χ1) is 10.0. The van der Waals surface area contributed by atoms with E-state index in [1.54, 1.807) is 30.3 Å². The molecule has 2 N–H and O–H groups in total. The second kappa shape index (κ2) is 7.10. The van der Waals surface area contributed by atoms with Crippen LogP contribution in [-0.4, -0.2) is 23.6 Å². The molecular formula is C14H12ClNO4S. The number of ether oxygens (including phenoxy) is 1. The van der Waals surface area contributed by atoms with Crippen molar-refractivity contribution in [2.75, 3.05) is 11.9 Å². The molecule has 0 saturated carbocycles. The molecule has 21 heavy (non-hydrogen) atoms. The van der Waals surface area contributed by atoms with Gasteiger partial charge in [0, 0.05) is 5.02 Å². The molecule has 0 unspecified atom stereocenters. The molecule has 0 aliphatic carbocycles. The zero-order valence-electron chi connectivity index (χ0n) is 10.8. The van der Waals surface area contributed by atoms with Crippen LogP contribution >= 0.6 is 22.9 Å². The largest absolute Gasteiger partial charge is 0.493 e. The zero-order valence-corrected chi connectivity index (χ0v) is 12.4. The number of thiophene rings is 1. The number of amides is 1. The summed E-state index contributed by atoms with van der Waals surface area (Å²) in [5.41, 5.74) is 0. The van der Waals surface area contributed by atoms with Crippen LogP contribution in [0.5, 0.6) is 5.75 Å². The van der Waals surface area contributed by atoms with Crippen LogP contribution in [0.3, 0.4) is 0 Å². The summed E-state index contributed by atoms with van der Waals surface area (Å²) in [6.45, 7) is 0.212. The Bertz CT molecular complexity index is 656. The summed E-state index contributed by atoms with van der Waals surface area (Å²) in [6.07, 6.45) is 0.160. The van der Waals surface area contributed by atoms with Crippen molar-refractivity contribution >= 4 is 39.8 Å². The molecule has 2 aromatic rings. The van der Waals surface area contributed by atoms with E-state index in [0.717, 1.165) is 11.3 Å². The minimum absolute atomic E-state index is 0.160. The summed E-state index contributed by atoms with van der Waals surface area (Å²) in [7, 11) is 0. The number of carboxylic acid groups (broad SMARTS) is 1. The zero-order chi connectivity index (χ0) is 15.2. The van der Waals surface area contributed by atoms with Crippen LogP contribution < -0.4 is 10.1 Å². The van der Waals surface area contributed by atoms with Crippen molar-refractivity contribution < 1.29 is 19.4 Å². The van der Waals surface area contributed by atoms with Gasteiger partial charge in [0.15, 0.2) is 0 Å². The highest BCUT2D eigenvalue weighted by Crippen LogP contribution is 2.22. The van der Waals surface area contributed by atoms with Gasteiger partial charge in [-0.25, -0.2) is 4.79 Å². The molecular weight excluding hydrogens is 314 g/mol. The monoisotopic (exact) mass is 325 g/mol. The van der Waals surface area contributed by atoms with Gasteiger partial charge in [-0.2, -0.15) is 0 Å². The first-order valence-corrected chi connectivity index (χ1v) is 7.25. The summed E-state index contributed by atoms with van der Waals surface area (Å²) in [5, 5.41) is 12.5. The lowest BCUT2D eigenvalue weighted by Gasteiger charge is -2.06. The Balaban J connectivity index is 1.78. The van der Waals surface area contributed by atoms with Gasteiger partial charge in [0.2, 0.25) is 5.91 Å². The molecule has 0 spiro atoms. The molecule has 0 atom stereocenters. The third-order valence-corrected chi connectivity index (χ3v) is 3.70. The van der Waals surface area contributed by atoms with Crippen LogP contribution in [-0.2, 0) is 4.79 Å². The van der Waals surface area contributed by atoms with Crippen molar-refractivity contribution in [1.29, 1.82) is 0 Å². The van der Waals surface area contributed by atoms with Gasteiger partial charge < -0.3 is 15.2 Å². The molecule has 1 heterocycles. The Hall–Kier alpha value is -2.05. The Labute approximate surface area is 130 Å². The normalized spacial score (nSPS) is 10.1. The predicted octanol–water partition coefficient (Wildman–Crippen LogP) is 3.51. The third kappa shape index (κ3) is 4.77. The molecule has 0 radical (unpaired) electrons. The number of carboxylic acids is 1. The van der Waals surface area contributed by atoms with Crippen LogP contribution in [0.1, 0.15) is 16.1 Å². The Morgan fingerprint density at radius 3 is 2.76 bits per heavy atom. The molecule has 0 fully saturated rings. The highest BCUT2D eigenvalue weighted by atomic mass is 35.5. The summed E-state index contributed by atoms with van der Waals surface area (Å²) in [6, 6.07) is 9.92. The number of hydrogen-bond donors (Lipinski definition) is 2. The van der Waals surface area contributed by atoms with E-state index in [1.807, 2.05) is 0 Å². The molecule has 0 aliphatic heterocycles. The van der Waals surface area contributed by atoms with E-state index in [4.69, 9.17) is 21.4 Å².